The second kappa shape index (κ2) is 4.97. The first-order valence-corrected chi connectivity index (χ1v) is 6.47. The van der Waals surface area contributed by atoms with Gasteiger partial charge in [0.25, 0.3) is 5.91 Å². The van der Waals surface area contributed by atoms with Crippen molar-refractivity contribution in [1.29, 1.82) is 0 Å². The van der Waals surface area contributed by atoms with Gasteiger partial charge in [0, 0.05) is 12.2 Å². The molecule has 1 aromatic carbocycles. The third-order valence-corrected chi connectivity index (χ3v) is 3.46. The van der Waals surface area contributed by atoms with E-state index in [1.54, 1.807) is 18.2 Å². The van der Waals surface area contributed by atoms with E-state index in [2.05, 4.69) is 20.7 Å². The maximum atomic E-state index is 12.2. The Morgan fingerprint density at radius 2 is 2.32 bits per heavy atom. The fraction of sp³-hybridized carbons (Fsp3) is 0.462. The number of rotatable bonds is 3. The summed E-state index contributed by atoms with van der Waals surface area (Å²) in [5.41, 5.74) is 2.03. The van der Waals surface area contributed by atoms with Crippen LogP contribution in [0.1, 0.15) is 30.1 Å². The molecule has 100 valence electrons. The highest BCUT2D eigenvalue weighted by Crippen LogP contribution is 2.16. The van der Waals surface area contributed by atoms with Gasteiger partial charge in [-0.05, 0) is 38.0 Å². The van der Waals surface area contributed by atoms with Crippen molar-refractivity contribution < 1.29 is 9.53 Å². The van der Waals surface area contributed by atoms with E-state index >= 15 is 0 Å². The largest absolute Gasteiger partial charge is 0.376 e. The highest BCUT2D eigenvalue weighted by Gasteiger charge is 2.24. The topological polar surface area (TPSA) is 79.9 Å². The van der Waals surface area contributed by atoms with E-state index in [0.717, 1.165) is 25.0 Å². The lowest BCUT2D eigenvalue weighted by atomic mass is 10.1. The average molecular weight is 260 g/mol. The Hall–Kier alpha value is -1.95. The molecule has 1 saturated heterocycles. The van der Waals surface area contributed by atoms with Crippen LogP contribution >= 0.6 is 0 Å². The van der Waals surface area contributed by atoms with Gasteiger partial charge in [-0.2, -0.15) is 15.4 Å². The van der Waals surface area contributed by atoms with E-state index in [0.29, 0.717) is 11.1 Å². The van der Waals surface area contributed by atoms with Crippen LogP contribution in [0.25, 0.3) is 11.0 Å². The van der Waals surface area contributed by atoms with Crippen LogP contribution in [0.4, 0.5) is 0 Å². The van der Waals surface area contributed by atoms with Crippen molar-refractivity contribution in [2.24, 2.45) is 0 Å². The number of hydrogen-bond acceptors (Lipinski definition) is 4. The van der Waals surface area contributed by atoms with Crippen molar-refractivity contribution in [3.63, 3.8) is 0 Å². The van der Waals surface area contributed by atoms with E-state index in [9.17, 15) is 4.79 Å². The van der Waals surface area contributed by atoms with Crippen LogP contribution < -0.4 is 5.32 Å². The monoisotopic (exact) mass is 260 g/mol. The van der Waals surface area contributed by atoms with Gasteiger partial charge in [-0.1, -0.05) is 0 Å². The molecule has 0 spiro atoms. The minimum Gasteiger partial charge on any atom is -0.376 e. The van der Waals surface area contributed by atoms with Crippen LogP contribution in [-0.4, -0.2) is 40.1 Å². The number of amides is 1. The Morgan fingerprint density at radius 3 is 3.11 bits per heavy atom. The Morgan fingerprint density at radius 1 is 1.47 bits per heavy atom. The zero-order valence-corrected chi connectivity index (χ0v) is 10.7. The molecule has 3 rings (SSSR count). The number of carbonyl (C=O) groups excluding carboxylic acids is 1. The smallest absolute Gasteiger partial charge is 0.251 e. The minimum absolute atomic E-state index is 0.0167. The number of nitrogens with one attached hydrogen (secondary N) is 2. The minimum atomic E-state index is -0.104. The normalized spacial score (nSPS) is 20.6. The molecule has 1 aliphatic rings. The summed E-state index contributed by atoms with van der Waals surface area (Å²) in [5, 5.41) is 13.4. The van der Waals surface area contributed by atoms with Crippen molar-refractivity contribution in [3.8, 4) is 0 Å². The summed E-state index contributed by atoms with van der Waals surface area (Å²) in [4.78, 5) is 12.2. The summed E-state index contributed by atoms with van der Waals surface area (Å²) in [7, 11) is 0. The van der Waals surface area contributed by atoms with Crippen LogP contribution in [0.2, 0.25) is 0 Å². The fourth-order valence-corrected chi connectivity index (χ4v) is 2.36. The lowest BCUT2D eigenvalue weighted by Crippen LogP contribution is -2.40. The number of H-pyrrole nitrogens is 1. The number of ether oxygens (including phenoxy) is 1. The summed E-state index contributed by atoms with van der Waals surface area (Å²) in [6.07, 6.45) is 2.19. The molecule has 2 aromatic rings. The number of benzene rings is 1. The van der Waals surface area contributed by atoms with Gasteiger partial charge < -0.3 is 10.1 Å². The van der Waals surface area contributed by atoms with E-state index in [1.165, 1.54) is 0 Å². The molecule has 0 aliphatic carbocycles. The van der Waals surface area contributed by atoms with Gasteiger partial charge in [0.2, 0.25) is 0 Å². The molecule has 19 heavy (non-hydrogen) atoms. The van der Waals surface area contributed by atoms with Gasteiger partial charge in [0.1, 0.15) is 11.0 Å². The predicted molar refractivity (Wildman–Crippen MR) is 69.8 cm³/mol. The zero-order chi connectivity index (χ0) is 13.2. The second-order valence-corrected chi connectivity index (χ2v) is 4.84. The number of aromatic nitrogens is 3. The molecule has 0 bridgehead atoms. The summed E-state index contributed by atoms with van der Waals surface area (Å²) in [6.45, 7) is 2.76. The number of carbonyl (C=O) groups is 1. The van der Waals surface area contributed by atoms with Gasteiger partial charge >= 0.3 is 0 Å². The molecule has 0 saturated carbocycles. The third kappa shape index (κ3) is 2.44. The highest BCUT2D eigenvalue weighted by molar-refractivity contribution is 5.97. The van der Waals surface area contributed by atoms with E-state index < -0.39 is 0 Å². The molecular formula is C13H16N4O2. The summed E-state index contributed by atoms with van der Waals surface area (Å²) < 4.78 is 5.57. The first-order chi connectivity index (χ1) is 9.24. The van der Waals surface area contributed by atoms with Crippen molar-refractivity contribution in [1.82, 2.24) is 20.7 Å². The molecule has 6 nitrogen and oxygen atoms in total. The first kappa shape index (κ1) is 12.1. The average Bonchev–Trinajstić information content (AvgIpc) is 3.09. The third-order valence-electron chi connectivity index (χ3n) is 3.46. The standard InChI is InChI=1S/C13H16N4O2/c1-8(12-3-2-6-19-12)14-13(18)9-4-5-10-11(7-9)16-17-15-10/h4-5,7-8,12H,2-3,6H2,1H3,(H,14,18)(H,15,16,17)/t8-,12+/m1/s1. The van der Waals surface area contributed by atoms with Gasteiger partial charge in [0.15, 0.2) is 0 Å². The maximum Gasteiger partial charge on any atom is 0.251 e. The van der Waals surface area contributed by atoms with Gasteiger partial charge in [0.05, 0.1) is 12.1 Å². The molecule has 1 aliphatic heterocycles. The second-order valence-electron chi connectivity index (χ2n) is 4.84. The molecule has 0 radical (unpaired) electrons. The first-order valence-electron chi connectivity index (χ1n) is 6.47. The van der Waals surface area contributed by atoms with Crippen molar-refractivity contribution in [2.45, 2.75) is 31.9 Å². The van der Waals surface area contributed by atoms with Crippen molar-refractivity contribution in [3.05, 3.63) is 23.8 Å². The number of hydrogen-bond donors (Lipinski definition) is 2. The van der Waals surface area contributed by atoms with Crippen LogP contribution in [0, 0.1) is 0 Å². The van der Waals surface area contributed by atoms with E-state index in [1.807, 2.05) is 6.92 Å². The zero-order valence-electron chi connectivity index (χ0n) is 10.7. The molecule has 2 atom stereocenters. The Kier molecular flexibility index (Phi) is 3.16. The van der Waals surface area contributed by atoms with Crippen LogP contribution in [0.15, 0.2) is 18.2 Å². The number of fused-ring (bicyclic) bond motifs is 1. The van der Waals surface area contributed by atoms with Gasteiger partial charge in [-0.3, -0.25) is 4.79 Å². The Labute approximate surface area is 110 Å². The quantitative estimate of drug-likeness (QED) is 0.870. The van der Waals surface area contributed by atoms with E-state index in [4.69, 9.17) is 4.74 Å². The molecule has 1 amide bonds. The lowest BCUT2D eigenvalue weighted by molar-refractivity contribution is 0.0712. The Balaban J connectivity index is 1.71. The molecule has 2 heterocycles. The maximum absolute atomic E-state index is 12.2. The number of aromatic amines is 1. The lowest BCUT2D eigenvalue weighted by Gasteiger charge is -2.19. The molecule has 6 heteroatoms. The van der Waals surface area contributed by atoms with E-state index in [-0.39, 0.29) is 18.1 Å². The Bertz CT molecular complexity index is 589. The van der Waals surface area contributed by atoms with Crippen LogP contribution in [0.3, 0.4) is 0 Å². The van der Waals surface area contributed by atoms with Crippen LogP contribution in [-0.2, 0) is 4.74 Å². The highest BCUT2D eigenvalue weighted by atomic mass is 16.5. The van der Waals surface area contributed by atoms with Crippen LogP contribution in [0.5, 0.6) is 0 Å². The predicted octanol–water partition coefficient (Wildman–Crippen LogP) is 1.26. The summed E-state index contributed by atoms with van der Waals surface area (Å²) in [5.74, 6) is -0.104. The van der Waals surface area contributed by atoms with Crippen molar-refractivity contribution >= 4 is 16.9 Å². The molecule has 1 fully saturated rings. The molecule has 1 aromatic heterocycles. The number of nitrogens with zero attached hydrogens (tertiary/aromatic N) is 2. The van der Waals surface area contributed by atoms with Gasteiger partial charge in [-0.15, -0.1) is 0 Å². The van der Waals surface area contributed by atoms with Crippen molar-refractivity contribution in [2.75, 3.05) is 6.61 Å². The SMILES string of the molecule is C[C@@H](NC(=O)c1ccc2n[nH]nc2c1)[C@@H]1CCCO1. The summed E-state index contributed by atoms with van der Waals surface area (Å²) >= 11 is 0. The fourth-order valence-electron chi connectivity index (χ4n) is 2.36. The molecule has 2 N–H and O–H groups in total. The summed E-state index contributed by atoms with van der Waals surface area (Å²) in [6, 6.07) is 5.28. The molecular weight excluding hydrogens is 244 g/mol. The molecule has 0 unspecified atom stereocenters. The van der Waals surface area contributed by atoms with Gasteiger partial charge in [-0.25, -0.2) is 0 Å².